The van der Waals surface area contributed by atoms with Crippen LogP contribution in [0.5, 0.6) is 0 Å². The summed E-state index contributed by atoms with van der Waals surface area (Å²) in [6.07, 6.45) is 3.56. The minimum atomic E-state index is -0.594. The number of rotatable bonds is 3. The standard InChI is InChI=1S/C12H12ClN5O2/c1-6-8(13)15-9(7-3-4-7)16-11(6)18-5-14-10(17-18)12(19)20-2/h5,7H,3-4H2,1-2H3. The van der Waals surface area contributed by atoms with E-state index in [1.54, 1.807) is 6.92 Å². The Bertz CT molecular complexity index is 680. The first-order chi connectivity index (χ1) is 9.60. The Morgan fingerprint density at radius 3 is 2.85 bits per heavy atom. The van der Waals surface area contributed by atoms with E-state index in [4.69, 9.17) is 11.6 Å². The maximum absolute atomic E-state index is 11.4. The van der Waals surface area contributed by atoms with Crippen molar-refractivity contribution in [1.29, 1.82) is 0 Å². The fraction of sp³-hybridized carbons (Fsp3) is 0.417. The summed E-state index contributed by atoms with van der Waals surface area (Å²) in [7, 11) is 1.28. The third kappa shape index (κ3) is 2.24. The maximum atomic E-state index is 11.4. The van der Waals surface area contributed by atoms with Crippen LogP contribution in [-0.2, 0) is 4.74 Å². The molecule has 3 rings (SSSR count). The van der Waals surface area contributed by atoms with E-state index in [-0.39, 0.29) is 5.82 Å². The van der Waals surface area contributed by atoms with Crippen LogP contribution >= 0.6 is 11.6 Å². The monoisotopic (exact) mass is 293 g/mol. The van der Waals surface area contributed by atoms with Gasteiger partial charge in [-0.2, -0.15) is 0 Å². The minimum absolute atomic E-state index is 0.0189. The van der Waals surface area contributed by atoms with E-state index in [0.29, 0.717) is 28.3 Å². The Morgan fingerprint density at radius 1 is 1.45 bits per heavy atom. The average Bonchev–Trinajstić information content (AvgIpc) is 3.18. The largest absolute Gasteiger partial charge is 0.463 e. The Labute approximate surface area is 120 Å². The number of carbonyl (C=O) groups excluding carboxylic acids is 1. The summed E-state index contributed by atoms with van der Waals surface area (Å²) >= 11 is 6.13. The lowest BCUT2D eigenvalue weighted by molar-refractivity contribution is 0.0587. The van der Waals surface area contributed by atoms with Crippen molar-refractivity contribution < 1.29 is 9.53 Å². The molecule has 104 valence electrons. The van der Waals surface area contributed by atoms with Crippen molar-refractivity contribution in [3.8, 4) is 5.82 Å². The van der Waals surface area contributed by atoms with Gasteiger partial charge in [-0.3, -0.25) is 0 Å². The molecule has 2 heterocycles. The van der Waals surface area contributed by atoms with Crippen molar-refractivity contribution in [2.45, 2.75) is 25.7 Å². The number of hydrogen-bond donors (Lipinski definition) is 0. The second-order valence-electron chi connectivity index (χ2n) is 4.60. The molecule has 7 nitrogen and oxygen atoms in total. The second-order valence-corrected chi connectivity index (χ2v) is 4.96. The van der Waals surface area contributed by atoms with Crippen molar-refractivity contribution >= 4 is 17.6 Å². The van der Waals surface area contributed by atoms with E-state index in [0.717, 1.165) is 12.8 Å². The first-order valence-corrected chi connectivity index (χ1v) is 6.52. The van der Waals surface area contributed by atoms with Gasteiger partial charge in [-0.25, -0.2) is 24.4 Å². The van der Waals surface area contributed by atoms with E-state index in [2.05, 4.69) is 24.8 Å². The molecular formula is C12H12ClN5O2. The molecule has 1 fully saturated rings. The summed E-state index contributed by atoms with van der Waals surface area (Å²) in [6, 6.07) is 0. The molecule has 20 heavy (non-hydrogen) atoms. The number of hydrogen-bond acceptors (Lipinski definition) is 6. The lowest BCUT2D eigenvalue weighted by Gasteiger charge is -2.07. The molecule has 8 heteroatoms. The maximum Gasteiger partial charge on any atom is 0.377 e. The molecule has 0 saturated heterocycles. The van der Waals surface area contributed by atoms with E-state index < -0.39 is 5.97 Å². The number of halogens is 1. The lowest BCUT2D eigenvalue weighted by atomic mass is 10.3. The van der Waals surface area contributed by atoms with Crippen LogP contribution in [0.15, 0.2) is 6.33 Å². The van der Waals surface area contributed by atoms with Crippen molar-refractivity contribution in [1.82, 2.24) is 24.7 Å². The smallest absolute Gasteiger partial charge is 0.377 e. The zero-order valence-electron chi connectivity index (χ0n) is 11.0. The number of carbonyl (C=O) groups is 1. The van der Waals surface area contributed by atoms with Crippen molar-refractivity contribution in [2.75, 3.05) is 7.11 Å². The fourth-order valence-corrected chi connectivity index (χ4v) is 1.96. The Hall–Kier alpha value is -2.02. The Balaban J connectivity index is 2.04. The van der Waals surface area contributed by atoms with Crippen LogP contribution < -0.4 is 0 Å². The van der Waals surface area contributed by atoms with Gasteiger partial charge in [0.15, 0.2) is 5.82 Å². The molecule has 0 aromatic carbocycles. The predicted octanol–water partition coefficient (Wildman–Crippen LogP) is 1.68. The van der Waals surface area contributed by atoms with Gasteiger partial charge < -0.3 is 4.74 Å². The average molecular weight is 294 g/mol. The molecule has 0 atom stereocenters. The zero-order chi connectivity index (χ0) is 14.3. The highest BCUT2D eigenvalue weighted by Gasteiger charge is 2.28. The summed E-state index contributed by atoms with van der Waals surface area (Å²) in [5.74, 6) is 1.01. The third-order valence-corrected chi connectivity index (χ3v) is 3.47. The molecule has 0 unspecified atom stereocenters. The van der Waals surface area contributed by atoms with Crippen LogP contribution in [0.2, 0.25) is 5.15 Å². The highest BCUT2D eigenvalue weighted by molar-refractivity contribution is 6.30. The van der Waals surface area contributed by atoms with Crippen LogP contribution in [0, 0.1) is 6.92 Å². The molecule has 2 aromatic rings. The number of methoxy groups -OCH3 is 1. The molecule has 0 amide bonds. The highest BCUT2D eigenvalue weighted by atomic mass is 35.5. The molecule has 0 radical (unpaired) electrons. The molecule has 1 aliphatic rings. The van der Waals surface area contributed by atoms with Gasteiger partial charge >= 0.3 is 5.97 Å². The quantitative estimate of drug-likeness (QED) is 0.632. The van der Waals surface area contributed by atoms with Crippen molar-refractivity contribution in [2.24, 2.45) is 0 Å². The van der Waals surface area contributed by atoms with Crippen LogP contribution in [0.25, 0.3) is 5.82 Å². The van der Waals surface area contributed by atoms with Crippen molar-refractivity contribution in [3.63, 3.8) is 0 Å². The molecule has 0 spiro atoms. The molecule has 1 aliphatic carbocycles. The van der Waals surface area contributed by atoms with Gasteiger partial charge in [0, 0.05) is 11.5 Å². The van der Waals surface area contributed by atoms with Gasteiger partial charge in [0.2, 0.25) is 0 Å². The Morgan fingerprint density at radius 2 is 2.20 bits per heavy atom. The van der Waals surface area contributed by atoms with Gasteiger partial charge in [0.1, 0.15) is 17.3 Å². The molecule has 0 bridgehead atoms. The van der Waals surface area contributed by atoms with Gasteiger partial charge in [-0.05, 0) is 19.8 Å². The predicted molar refractivity (Wildman–Crippen MR) is 70.0 cm³/mol. The highest BCUT2D eigenvalue weighted by Crippen LogP contribution is 2.39. The number of nitrogens with zero attached hydrogens (tertiary/aromatic N) is 5. The lowest BCUT2D eigenvalue weighted by Crippen LogP contribution is -2.09. The first kappa shape index (κ1) is 13.0. The minimum Gasteiger partial charge on any atom is -0.463 e. The fourth-order valence-electron chi connectivity index (χ4n) is 1.79. The van der Waals surface area contributed by atoms with Crippen LogP contribution in [-0.4, -0.2) is 37.8 Å². The summed E-state index contributed by atoms with van der Waals surface area (Å²) in [5.41, 5.74) is 0.692. The molecule has 0 aliphatic heterocycles. The molecule has 2 aromatic heterocycles. The van der Waals surface area contributed by atoms with Crippen molar-refractivity contribution in [3.05, 3.63) is 28.7 Å². The van der Waals surface area contributed by atoms with Crippen LogP contribution in [0.3, 0.4) is 0 Å². The van der Waals surface area contributed by atoms with E-state index in [1.165, 1.54) is 18.1 Å². The zero-order valence-corrected chi connectivity index (χ0v) is 11.8. The van der Waals surface area contributed by atoms with E-state index in [9.17, 15) is 4.79 Å². The molecular weight excluding hydrogens is 282 g/mol. The second kappa shape index (κ2) is 4.82. The SMILES string of the molecule is COC(=O)c1ncn(-c2nc(C3CC3)nc(Cl)c2C)n1. The van der Waals surface area contributed by atoms with Gasteiger partial charge in [-0.15, -0.1) is 5.10 Å². The number of esters is 1. The number of ether oxygens (including phenoxy) is 1. The molecule has 0 N–H and O–H groups in total. The third-order valence-electron chi connectivity index (χ3n) is 3.10. The first-order valence-electron chi connectivity index (χ1n) is 6.14. The van der Waals surface area contributed by atoms with Gasteiger partial charge in [-0.1, -0.05) is 11.6 Å². The Kier molecular flexibility index (Phi) is 3.13. The normalized spacial score (nSPS) is 14.3. The van der Waals surface area contributed by atoms with Gasteiger partial charge in [0.05, 0.1) is 7.11 Å². The van der Waals surface area contributed by atoms with E-state index >= 15 is 0 Å². The summed E-state index contributed by atoms with van der Waals surface area (Å²) in [6.45, 7) is 1.80. The van der Waals surface area contributed by atoms with Crippen LogP contribution in [0.1, 0.15) is 40.8 Å². The summed E-state index contributed by atoms with van der Waals surface area (Å²) < 4.78 is 5.99. The number of aromatic nitrogens is 5. The van der Waals surface area contributed by atoms with Gasteiger partial charge in [0.25, 0.3) is 5.82 Å². The molecule has 1 saturated carbocycles. The van der Waals surface area contributed by atoms with Crippen LogP contribution in [0.4, 0.5) is 0 Å². The topological polar surface area (TPSA) is 82.8 Å². The summed E-state index contributed by atoms with van der Waals surface area (Å²) in [5, 5.41) is 4.45. The summed E-state index contributed by atoms with van der Waals surface area (Å²) in [4.78, 5) is 24.0. The van der Waals surface area contributed by atoms with E-state index in [1.807, 2.05) is 0 Å².